The second-order valence-electron chi connectivity index (χ2n) is 7.30. The normalized spacial score (nSPS) is 30.6. The molecular formula is C14H25N3O2. The monoisotopic (exact) mass is 267 g/mol. The van der Waals surface area contributed by atoms with Crippen molar-refractivity contribution in [3.63, 3.8) is 0 Å². The van der Waals surface area contributed by atoms with Crippen molar-refractivity contribution in [3.05, 3.63) is 0 Å². The molecule has 0 aromatic carbocycles. The van der Waals surface area contributed by atoms with E-state index in [2.05, 4.69) is 33.0 Å². The van der Waals surface area contributed by atoms with Gasteiger partial charge in [-0.1, -0.05) is 0 Å². The molecule has 2 rings (SSSR count). The first-order chi connectivity index (χ1) is 8.60. The average Bonchev–Trinajstić information content (AvgIpc) is 2.55. The highest BCUT2D eigenvalue weighted by Crippen LogP contribution is 2.34. The van der Waals surface area contributed by atoms with Crippen molar-refractivity contribution in [3.8, 4) is 0 Å². The van der Waals surface area contributed by atoms with Crippen LogP contribution in [-0.2, 0) is 9.59 Å². The Kier molecular flexibility index (Phi) is 3.37. The van der Waals surface area contributed by atoms with Crippen LogP contribution in [0.2, 0.25) is 0 Å². The van der Waals surface area contributed by atoms with Crippen molar-refractivity contribution >= 4 is 11.8 Å². The molecule has 1 atom stereocenters. The number of primary amides is 1. The van der Waals surface area contributed by atoms with Gasteiger partial charge in [-0.2, -0.15) is 0 Å². The third-order valence-electron chi connectivity index (χ3n) is 4.17. The molecule has 2 saturated heterocycles. The molecule has 1 unspecified atom stereocenters. The topological polar surface area (TPSA) is 75.4 Å². The summed E-state index contributed by atoms with van der Waals surface area (Å²) in [4.78, 5) is 25.2. The maximum Gasteiger partial charge on any atom is 0.223 e. The number of hydrogen-bond acceptors (Lipinski definition) is 3. The number of likely N-dealkylation sites (tertiary alicyclic amines) is 1. The van der Waals surface area contributed by atoms with Crippen LogP contribution >= 0.6 is 0 Å². The molecule has 0 saturated carbocycles. The molecule has 0 spiro atoms. The average molecular weight is 267 g/mol. The number of rotatable bonds is 2. The summed E-state index contributed by atoms with van der Waals surface area (Å²) in [7, 11) is 0. The fourth-order valence-electron chi connectivity index (χ4n) is 3.76. The predicted octanol–water partition coefficient (Wildman–Crippen LogP) is 0.629. The van der Waals surface area contributed by atoms with Crippen LogP contribution < -0.4 is 11.1 Å². The van der Waals surface area contributed by atoms with Crippen LogP contribution in [0.4, 0.5) is 0 Å². The molecule has 2 aliphatic rings. The summed E-state index contributed by atoms with van der Waals surface area (Å²) in [5, 5.41) is 3.60. The zero-order valence-electron chi connectivity index (χ0n) is 12.3. The Morgan fingerprint density at radius 3 is 2.21 bits per heavy atom. The van der Waals surface area contributed by atoms with E-state index in [1.165, 1.54) is 0 Å². The first-order valence-corrected chi connectivity index (χ1v) is 6.98. The van der Waals surface area contributed by atoms with Crippen molar-refractivity contribution in [1.82, 2.24) is 10.2 Å². The van der Waals surface area contributed by atoms with E-state index >= 15 is 0 Å². The Labute approximate surface area is 114 Å². The van der Waals surface area contributed by atoms with E-state index in [1.54, 1.807) is 0 Å². The zero-order chi connectivity index (χ0) is 14.4. The molecule has 2 heterocycles. The summed E-state index contributed by atoms with van der Waals surface area (Å²) in [6.45, 7) is 9.13. The summed E-state index contributed by atoms with van der Waals surface area (Å²) in [6, 6.07) is 0.197. The highest BCUT2D eigenvalue weighted by atomic mass is 16.2. The van der Waals surface area contributed by atoms with Crippen LogP contribution in [0.3, 0.4) is 0 Å². The molecule has 2 aliphatic heterocycles. The van der Waals surface area contributed by atoms with Crippen LogP contribution in [0, 0.1) is 5.92 Å². The molecule has 5 heteroatoms. The van der Waals surface area contributed by atoms with E-state index in [1.807, 2.05) is 4.90 Å². The molecule has 0 aliphatic carbocycles. The van der Waals surface area contributed by atoms with Gasteiger partial charge in [0.15, 0.2) is 0 Å². The van der Waals surface area contributed by atoms with Gasteiger partial charge in [0.25, 0.3) is 0 Å². The predicted molar refractivity (Wildman–Crippen MR) is 73.3 cm³/mol. The lowest BCUT2D eigenvalue weighted by Crippen LogP contribution is -2.62. The number of piperidine rings is 1. The molecule has 0 aromatic rings. The second kappa shape index (κ2) is 4.47. The fourth-order valence-corrected chi connectivity index (χ4v) is 3.76. The molecule has 108 valence electrons. The highest BCUT2D eigenvalue weighted by molar-refractivity contribution is 5.88. The van der Waals surface area contributed by atoms with Gasteiger partial charge >= 0.3 is 0 Å². The molecule has 2 fully saturated rings. The lowest BCUT2D eigenvalue weighted by molar-refractivity contribution is -0.131. The Bertz CT molecular complexity index is 387. The third-order valence-corrected chi connectivity index (χ3v) is 4.17. The maximum absolute atomic E-state index is 12.1. The molecule has 19 heavy (non-hydrogen) atoms. The van der Waals surface area contributed by atoms with Crippen LogP contribution in [0.25, 0.3) is 0 Å². The van der Waals surface area contributed by atoms with Gasteiger partial charge in [-0.25, -0.2) is 0 Å². The van der Waals surface area contributed by atoms with E-state index in [9.17, 15) is 9.59 Å². The fraction of sp³-hybridized carbons (Fsp3) is 0.857. The van der Waals surface area contributed by atoms with Gasteiger partial charge in [-0.15, -0.1) is 0 Å². The Hall–Kier alpha value is -1.10. The first-order valence-electron chi connectivity index (χ1n) is 6.98. The first kappa shape index (κ1) is 14.3. The summed E-state index contributed by atoms with van der Waals surface area (Å²) in [6.07, 6.45) is 2.10. The Balaban J connectivity index is 2.13. The number of nitrogens with one attached hydrogen (secondary N) is 1. The number of amides is 2. The molecule has 0 aromatic heterocycles. The van der Waals surface area contributed by atoms with Crippen LogP contribution in [0.15, 0.2) is 0 Å². The van der Waals surface area contributed by atoms with E-state index in [0.717, 1.165) is 12.8 Å². The van der Waals surface area contributed by atoms with Crippen molar-refractivity contribution in [2.24, 2.45) is 11.7 Å². The van der Waals surface area contributed by atoms with Crippen LogP contribution in [0.1, 0.15) is 47.0 Å². The summed E-state index contributed by atoms with van der Waals surface area (Å²) in [5.41, 5.74) is 5.32. The number of carbonyl (C=O) groups excluding carboxylic acids is 2. The van der Waals surface area contributed by atoms with E-state index in [-0.39, 0.29) is 41.3 Å². The SMILES string of the molecule is CC1(C)CC(N2CC(C(N)=O)CC2=O)CC(C)(C)N1. The number of nitrogens with two attached hydrogens (primary N) is 1. The number of nitrogens with zero attached hydrogens (tertiary/aromatic N) is 1. The maximum atomic E-state index is 12.1. The van der Waals surface area contributed by atoms with Crippen molar-refractivity contribution in [2.75, 3.05) is 6.54 Å². The second-order valence-corrected chi connectivity index (χ2v) is 7.30. The lowest BCUT2D eigenvalue weighted by Gasteiger charge is -2.49. The largest absolute Gasteiger partial charge is 0.369 e. The van der Waals surface area contributed by atoms with Crippen LogP contribution in [0.5, 0.6) is 0 Å². The Morgan fingerprint density at radius 2 is 1.79 bits per heavy atom. The summed E-state index contributed by atoms with van der Waals surface area (Å²) in [5.74, 6) is -0.598. The molecule has 3 N–H and O–H groups in total. The van der Waals surface area contributed by atoms with Gasteiger partial charge < -0.3 is 16.0 Å². The van der Waals surface area contributed by atoms with Crippen molar-refractivity contribution in [2.45, 2.75) is 64.1 Å². The molecule has 0 radical (unpaired) electrons. The third kappa shape index (κ3) is 3.08. The van der Waals surface area contributed by atoms with Crippen molar-refractivity contribution in [1.29, 1.82) is 0 Å². The van der Waals surface area contributed by atoms with Gasteiger partial charge in [-0.05, 0) is 40.5 Å². The zero-order valence-corrected chi connectivity index (χ0v) is 12.3. The molecular weight excluding hydrogens is 242 g/mol. The van der Waals surface area contributed by atoms with Crippen molar-refractivity contribution < 1.29 is 9.59 Å². The van der Waals surface area contributed by atoms with Gasteiger partial charge in [0.2, 0.25) is 11.8 Å². The summed E-state index contributed by atoms with van der Waals surface area (Å²) < 4.78 is 0. The minimum Gasteiger partial charge on any atom is -0.369 e. The highest BCUT2D eigenvalue weighted by Gasteiger charge is 2.44. The van der Waals surface area contributed by atoms with Gasteiger partial charge in [0, 0.05) is 30.1 Å². The number of carbonyl (C=O) groups is 2. The minimum atomic E-state index is -0.358. The van der Waals surface area contributed by atoms with E-state index in [0.29, 0.717) is 6.54 Å². The smallest absolute Gasteiger partial charge is 0.223 e. The standard InChI is InChI=1S/C14H25N3O2/c1-13(2)6-10(7-14(3,4)16-13)17-8-9(12(15)19)5-11(17)18/h9-10,16H,5-8H2,1-4H3,(H2,15,19). The quantitative estimate of drug-likeness (QED) is 0.770. The van der Waals surface area contributed by atoms with Gasteiger partial charge in [0.05, 0.1) is 5.92 Å². The van der Waals surface area contributed by atoms with Crippen LogP contribution in [-0.4, -0.2) is 40.4 Å². The van der Waals surface area contributed by atoms with E-state index in [4.69, 9.17) is 5.73 Å². The van der Waals surface area contributed by atoms with Gasteiger partial charge in [0.1, 0.15) is 0 Å². The Morgan fingerprint density at radius 1 is 1.26 bits per heavy atom. The van der Waals surface area contributed by atoms with Gasteiger partial charge in [-0.3, -0.25) is 9.59 Å². The molecule has 5 nitrogen and oxygen atoms in total. The van der Waals surface area contributed by atoms with E-state index < -0.39 is 0 Å². The molecule has 2 amide bonds. The molecule has 0 bridgehead atoms. The number of hydrogen-bond donors (Lipinski definition) is 2. The minimum absolute atomic E-state index is 0.00247. The lowest BCUT2D eigenvalue weighted by atomic mass is 9.79. The summed E-state index contributed by atoms with van der Waals surface area (Å²) >= 11 is 0.